The molecule has 104 valence electrons. The minimum absolute atomic E-state index is 0.601. The summed E-state index contributed by atoms with van der Waals surface area (Å²) in [5.41, 5.74) is 1.58. The number of hydrogen-bond donors (Lipinski definition) is 0. The summed E-state index contributed by atoms with van der Waals surface area (Å²) >= 11 is 0. The smallest absolute Gasteiger partial charge is 0.127 e. The van der Waals surface area contributed by atoms with Crippen molar-refractivity contribution >= 4 is 10.9 Å². The zero-order chi connectivity index (χ0) is 13.8. The topological polar surface area (TPSA) is 50.4 Å². The molecule has 0 bridgehead atoms. The van der Waals surface area contributed by atoms with Crippen LogP contribution in [0.1, 0.15) is 5.56 Å². The van der Waals surface area contributed by atoms with Gasteiger partial charge in [0.1, 0.15) is 12.7 Å². The summed E-state index contributed by atoms with van der Waals surface area (Å²) < 4.78 is 7.02. The maximum atomic E-state index is 9.14. The van der Waals surface area contributed by atoms with E-state index in [1.54, 1.807) is 10.9 Å². The van der Waals surface area contributed by atoms with Gasteiger partial charge in [0.2, 0.25) is 0 Å². The number of benzene rings is 1. The summed E-state index contributed by atoms with van der Waals surface area (Å²) in [4.78, 5) is 8.11. The van der Waals surface area contributed by atoms with Gasteiger partial charge in [0.05, 0.1) is 30.5 Å². The largest absolute Gasteiger partial charge is 0.412 e. The average Bonchev–Trinajstić information content (AvgIpc) is 2.87. The van der Waals surface area contributed by atoms with Crippen LogP contribution in [-0.4, -0.2) is 49.1 Å². The molecular weight excluding hydrogens is 254 g/mol. The van der Waals surface area contributed by atoms with Crippen molar-refractivity contribution in [2.45, 2.75) is 0 Å². The number of ether oxygens (including phenoxy) is 1. The second-order valence-electron chi connectivity index (χ2n) is 4.78. The predicted molar refractivity (Wildman–Crippen MR) is 75.4 cm³/mol. The van der Waals surface area contributed by atoms with Crippen molar-refractivity contribution in [1.82, 2.24) is 9.63 Å². The Labute approximate surface area is 117 Å². The van der Waals surface area contributed by atoms with E-state index >= 15 is 0 Å². The van der Waals surface area contributed by atoms with Gasteiger partial charge in [-0.05, 0) is 6.07 Å². The highest BCUT2D eigenvalue weighted by Gasteiger charge is 2.11. The van der Waals surface area contributed by atoms with Crippen molar-refractivity contribution < 1.29 is 9.57 Å². The Kier molecular flexibility index (Phi) is 3.86. The standard InChI is InChI=1S/C15H17N3O2/c16-11-13-12-18(15-4-2-1-3-14(13)15)20-10-7-17-5-8-19-9-6-17/h1-4,12H,5-10H2. The summed E-state index contributed by atoms with van der Waals surface area (Å²) in [6.45, 7) is 4.98. The van der Waals surface area contributed by atoms with Gasteiger partial charge in [-0.25, -0.2) is 0 Å². The normalized spacial score (nSPS) is 16.1. The summed E-state index contributed by atoms with van der Waals surface area (Å²) in [5, 5.41) is 10.1. The number of nitrogens with zero attached hydrogens (tertiary/aromatic N) is 3. The first-order valence-electron chi connectivity index (χ1n) is 6.82. The molecule has 0 amide bonds. The van der Waals surface area contributed by atoms with Gasteiger partial charge in [-0.3, -0.25) is 4.90 Å². The molecule has 20 heavy (non-hydrogen) atoms. The van der Waals surface area contributed by atoms with Gasteiger partial charge in [-0.1, -0.05) is 18.2 Å². The molecule has 0 radical (unpaired) electrons. The fourth-order valence-electron chi connectivity index (χ4n) is 2.44. The van der Waals surface area contributed by atoms with Gasteiger partial charge in [0.15, 0.2) is 0 Å². The number of nitriles is 1. The van der Waals surface area contributed by atoms with Gasteiger partial charge >= 0.3 is 0 Å². The second-order valence-corrected chi connectivity index (χ2v) is 4.78. The van der Waals surface area contributed by atoms with Crippen molar-refractivity contribution in [3.63, 3.8) is 0 Å². The Hall–Kier alpha value is -2.03. The molecule has 3 rings (SSSR count). The van der Waals surface area contributed by atoms with Crippen LogP contribution >= 0.6 is 0 Å². The van der Waals surface area contributed by atoms with E-state index in [1.807, 2.05) is 24.3 Å². The van der Waals surface area contributed by atoms with Crippen LogP contribution < -0.4 is 4.84 Å². The van der Waals surface area contributed by atoms with Crippen LogP contribution in [0.5, 0.6) is 0 Å². The molecule has 0 aliphatic carbocycles. The zero-order valence-electron chi connectivity index (χ0n) is 11.3. The van der Waals surface area contributed by atoms with Crippen LogP contribution in [0.4, 0.5) is 0 Å². The van der Waals surface area contributed by atoms with E-state index in [-0.39, 0.29) is 0 Å². The maximum absolute atomic E-state index is 9.14. The molecule has 0 saturated carbocycles. The summed E-state index contributed by atoms with van der Waals surface area (Å²) in [7, 11) is 0. The van der Waals surface area contributed by atoms with Crippen LogP contribution in [0.3, 0.4) is 0 Å². The average molecular weight is 271 g/mol. The minimum Gasteiger partial charge on any atom is -0.412 e. The first-order chi connectivity index (χ1) is 9.88. The van der Waals surface area contributed by atoms with Crippen LogP contribution in [0.15, 0.2) is 30.5 Å². The number of para-hydroxylation sites is 1. The van der Waals surface area contributed by atoms with Gasteiger partial charge in [-0.2, -0.15) is 9.99 Å². The van der Waals surface area contributed by atoms with E-state index in [9.17, 15) is 0 Å². The lowest BCUT2D eigenvalue weighted by Crippen LogP contribution is -2.39. The van der Waals surface area contributed by atoms with Crippen LogP contribution in [0, 0.1) is 11.3 Å². The SMILES string of the molecule is N#Cc1cn(OCCN2CCOCC2)c2ccccc12. The van der Waals surface area contributed by atoms with Crippen molar-refractivity contribution in [1.29, 1.82) is 5.26 Å². The molecule has 0 atom stereocenters. The molecule has 0 spiro atoms. The molecule has 5 nitrogen and oxygen atoms in total. The highest BCUT2D eigenvalue weighted by molar-refractivity contribution is 5.85. The molecule has 1 aliphatic heterocycles. The monoisotopic (exact) mass is 271 g/mol. The number of aromatic nitrogens is 1. The molecule has 1 aliphatic rings. The zero-order valence-corrected chi connectivity index (χ0v) is 11.3. The van der Waals surface area contributed by atoms with Gasteiger partial charge in [0.25, 0.3) is 0 Å². The molecule has 1 fully saturated rings. The van der Waals surface area contributed by atoms with E-state index in [0.29, 0.717) is 12.2 Å². The quantitative estimate of drug-likeness (QED) is 0.840. The Balaban J connectivity index is 1.67. The lowest BCUT2D eigenvalue weighted by Gasteiger charge is -2.26. The van der Waals surface area contributed by atoms with E-state index < -0.39 is 0 Å². The minimum atomic E-state index is 0.601. The van der Waals surface area contributed by atoms with E-state index in [4.69, 9.17) is 14.8 Å². The molecule has 0 unspecified atom stereocenters. The van der Waals surface area contributed by atoms with Gasteiger partial charge in [0, 0.05) is 25.0 Å². The van der Waals surface area contributed by atoms with E-state index in [1.165, 1.54) is 0 Å². The van der Waals surface area contributed by atoms with Gasteiger partial charge < -0.3 is 9.57 Å². The highest BCUT2D eigenvalue weighted by Crippen LogP contribution is 2.19. The third-order valence-electron chi connectivity index (χ3n) is 3.54. The lowest BCUT2D eigenvalue weighted by molar-refractivity contribution is 0.0191. The lowest BCUT2D eigenvalue weighted by atomic mass is 10.2. The third-order valence-corrected chi connectivity index (χ3v) is 3.54. The second kappa shape index (κ2) is 5.95. The molecule has 2 aromatic rings. The Bertz CT molecular complexity index is 624. The number of hydrogen-bond acceptors (Lipinski definition) is 4. The Morgan fingerprint density at radius 3 is 2.85 bits per heavy atom. The molecule has 1 aromatic heterocycles. The number of morpholine rings is 1. The Morgan fingerprint density at radius 2 is 2.05 bits per heavy atom. The Morgan fingerprint density at radius 1 is 1.25 bits per heavy atom. The molecule has 5 heteroatoms. The number of rotatable bonds is 4. The first-order valence-corrected chi connectivity index (χ1v) is 6.82. The summed E-state index contributed by atoms with van der Waals surface area (Å²) in [6.07, 6.45) is 1.75. The molecule has 1 aromatic carbocycles. The number of fused-ring (bicyclic) bond motifs is 1. The van der Waals surface area contributed by atoms with Crippen molar-refractivity contribution in [2.24, 2.45) is 0 Å². The van der Waals surface area contributed by atoms with Crippen molar-refractivity contribution in [3.05, 3.63) is 36.0 Å². The maximum Gasteiger partial charge on any atom is 0.127 e. The van der Waals surface area contributed by atoms with Crippen LogP contribution in [-0.2, 0) is 4.74 Å². The van der Waals surface area contributed by atoms with Crippen LogP contribution in [0.2, 0.25) is 0 Å². The van der Waals surface area contributed by atoms with Crippen LogP contribution in [0.25, 0.3) is 10.9 Å². The van der Waals surface area contributed by atoms with Crippen molar-refractivity contribution in [3.8, 4) is 6.07 Å². The van der Waals surface area contributed by atoms with Crippen molar-refractivity contribution in [2.75, 3.05) is 39.5 Å². The highest BCUT2D eigenvalue weighted by atomic mass is 16.7. The molecular formula is C15H17N3O2. The van der Waals surface area contributed by atoms with E-state index in [0.717, 1.165) is 43.8 Å². The third kappa shape index (κ3) is 2.62. The summed E-state index contributed by atoms with van der Waals surface area (Å²) in [6, 6.07) is 9.99. The van der Waals surface area contributed by atoms with E-state index in [2.05, 4.69) is 11.0 Å². The fraction of sp³-hybridized carbons (Fsp3) is 0.400. The molecule has 1 saturated heterocycles. The summed E-state index contributed by atoms with van der Waals surface area (Å²) in [5.74, 6) is 0. The molecule has 0 N–H and O–H groups in total. The molecule has 2 heterocycles. The fourth-order valence-corrected chi connectivity index (χ4v) is 2.44. The van der Waals surface area contributed by atoms with Gasteiger partial charge in [-0.15, -0.1) is 0 Å². The predicted octanol–water partition coefficient (Wildman–Crippen LogP) is 1.27. The first kappa shape index (κ1) is 13.0.